The molecule has 0 bridgehead atoms. The van der Waals surface area contributed by atoms with Gasteiger partial charge in [0.1, 0.15) is 0 Å². The van der Waals surface area contributed by atoms with Gasteiger partial charge in [0.25, 0.3) is 5.69 Å². The maximum Gasteiger partial charge on any atom is 0.271 e. The van der Waals surface area contributed by atoms with Crippen LogP contribution in [0.1, 0.15) is 31.7 Å². The van der Waals surface area contributed by atoms with Crippen LogP contribution in [-0.4, -0.2) is 10.0 Å². The second kappa shape index (κ2) is 7.69. The van der Waals surface area contributed by atoms with E-state index in [2.05, 4.69) is 36.6 Å². The standard InChI is InChI=1S/C17H19N3O2S/c1-3-12(2)13-7-9-14(10-8-13)18-17(23)19-15-5-4-6-16(11-15)20(21)22/h4-12H,3H2,1-2H3,(H2,18,19,23). The fraction of sp³-hybridized carbons (Fsp3) is 0.235. The first-order chi connectivity index (χ1) is 11.0. The van der Waals surface area contributed by atoms with E-state index in [-0.39, 0.29) is 5.69 Å². The number of rotatable bonds is 5. The largest absolute Gasteiger partial charge is 0.332 e. The molecule has 1 unspecified atom stereocenters. The summed E-state index contributed by atoms with van der Waals surface area (Å²) in [6.07, 6.45) is 1.10. The number of thiocarbonyl (C=S) groups is 1. The maximum atomic E-state index is 10.8. The van der Waals surface area contributed by atoms with E-state index in [1.807, 2.05) is 12.1 Å². The first-order valence-corrected chi connectivity index (χ1v) is 7.83. The summed E-state index contributed by atoms with van der Waals surface area (Å²) in [5, 5.41) is 17.2. The molecule has 23 heavy (non-hydrogen) atoms. The summed E-state index contributed by atoms with van der Waals surface area (Å²) in [5.41, 5.74) is 2.76. The van der Waals surface area contributed by atoms with Gasteiger partial charge in [-0.3, -0.25) is 10.1 Å². The molecule has 0 radical (unpaired) electrons. The summed E-state index contributed by atoms with van der Waals surface area (Å²) >= 11 is 5.24. The van der Waals surface area contributed by atoms with Crippen molar-refractivity contribution in [2.45, 2.75) is 26.2 Å². The van der Waals surface area contributed by atoms with Crippen molar-refractivity contribution in [2.24, 2.45) is 0 Å². The monoisotopic (exact) mass is 329 g/mol. The molecule has 0 spiro atoms. The zero-order chi connectivity index (χ0) is 16.8. The minimum atomic E-state index is -0.435. The SMILES string of the molecule is CCC(C)c1ccc(NC(=S)Nc2cccc([N+](=O)[O-])c2)cc1. The van der Waals surface area contributed by atoms with Crippen LogP contribution in [0.5, 0.6) is 0 Å². The van der Waals surface area contributed by atoms with Crippen LogP contribution in [0.3, 0.4) is 0 Å². The van der Waals surface area contributed by atoms with Gasteiger partial charge in [0.05, 0.1) is 4.92 Å². The molecule has 1 atom stereocenters. The highest BCUT2D eigenvalue weighted by molar-refractivity contribution is 7.80. The second-order valence-corrected chi connectivity index (χ2v) is 5.73. The zero-order valence-corrected chi connectivity index (χ0v) is 13.9. The highest BCUT2D eigenvalue weighted by atomic mass is 32.1. The molecular weight excluding hydrogens is 310 g/mol. The Morgan fingerprint density at radius 3 is 2.43 bits per heavy atom. The minimum Gasteiger partial charge on any atom is -0.332 e. The number of non-ortho nitro benzene ring substituents is 1. The van der Waals surface area contributed by atoms with Gasteiger partial charge in [-0.2, -0.15) is 0 Å². The van der Waals surface area contributed by atoms with E-state index in [1.54, 1.807) is 12.1 Å². The fourth-order valence-electron chi connectivity index (χ4n) is 2.12. The summed E-state index contributed by atoms with van der Waals surface area (Å²) < 4.78 is 0. The summed E-state index contributed by atoms with van der Waals surface area (Å²) in [5.74, 6) is 0.527. The van der Waals surface area contributed by atoms with E-state index in [0.29, 0.717) is 16.7 Å². The summed E-state index contributed by atoms with van der Waals surface area (Å²) in [6, 6.07) is 14.3. The lowest BCUT2D eigenvalue weighted by Crippen LogP contribution is -2.19. The molecule has 120 valence electrons. The number of nitro groups is 1. The first-order valence-electron chi connectivity index (χ1n) is 7.42. The van der Waals surface area contributed by atoms with Crippen LogP contribution >= 0.6 is 12.2 Å². The third-order valence-electron chi connectivity index (χ3n) is 3.66. The summed E-state index contributed by atoms with van der Waals surface area (Å²) in [6.45, 7) is 4.35. The van der Waals surface area contributed by atoms with Crippen molar-refractivity contribution in [3.63, 3.8) is 0 Å². The number of benzene rings is 2. The van der Waals surface area contributed by atoms with E-state index >= 15 is 0 Å². The lowest BCUT2D eigenvalue weighted by atomic mass is 9.99. The van der Waals surface area contributed by atoms with Gasteiger partial charge in [-0.15, -0.1) is 0 Å². The summed E-state index contributed by atoms with van der Waals surface area (Å²) in [7, 11) is 0. The first kappa shape index (κ1) is 16.9. The normalized spacial score (nSPS) is 11.6. The van der Waals surface area contributed by atoms with Gasteiger partial charge in [-0.05, 0) is 48.3 Å². The van der Waals surface area contributed by atoms with E-state index < -0.39 is 4.92 Å². The van der Waals surface area contributed by atoms with Crippen LogP contribution in [0.15, 0.2) is 48.5 Å². The number of nitrogens with zero attached hydrogens (tertiary/aromatic N) is 1. The van der Waals surface area contributed by atoms with Gasteiger partial charge in [-0.1, -0.05) is 32.0 Å². The predicted molar refractivity (Wildman–Crippen MR) is 98.1 cm³/mol. The lowest BCUT2D eigenvalue weighted by Gasteiger charge is -2.12. The molecule has 0 saturated heterocycles. The van der Waals surface area contributed by atoms with E-state index in [9.17, 15) is 10.1 Å². The second-order valence-electron chi connectivity index (χ2n) is 5.32. The van der Waals surface area contributed by atoms with Gasteiger partial charge < -0.3 is 10.6 Å². The fourth-order valence-corrected chi connectivity index (χ4v) is 2.36. The van der Waals surface area contributed by atoms with Crippen molar-refractivity contribution >= 4 is 34.4 Å². The quantitative estimate of drug-likeness (QED) is 0.463. The van der Waals surface area contributed by atoms with E-state index in [1.165, 1.54) is 17.7 Å². The average Bonchev–Trinajstić information content (AvgIpc) is 2.55. The van der Waals surface area contributed by atoms with Crippen molar-refractivity contribution in [1.82, 2.24) is 0 Å². The van der Waals surface area contributed by atoms with Crippen LogP contribution in [0.2, 0.25) is 0 Å². The Labute approximate surface area is 140 Å². The highest BCUT2D eigenvalue weighted by Crippen LogP contribution is 2.21. The molecule has 2 rings (SSSR count). The molecule has 0 aliphatic carbocycles. The molecule has 0 aliphatic heterocycles. The van der Waals surface area contributed by atoms with E-state index in [4.69, 9.17) is 12.2 Å². The third-order valence-corrected chi connectivity index (χ3v) is 3.87. The third kappa shape index (κ3) is 4.75. The van der Waals surface area contributed by atoms with Crippen molar-refractivity contribution in [1.29, 1.82) is 0 Å². The summed E-state index contributed by atoms with van der Waals surface area (Å²) in [4.78, 5) is 10.3. The van der Waals surface area contributed by atoms with Crippen molar-refractivity contribution in [3.8, 4) is 0 Å². The Hall–Kier alpha value is -2.47. The number of hydrogen-bond donors (Lipinski definition) is 2. The average molecular weight is 329 g/mol. The Kier molecular flexibility index (Phi) is 5.65. The Bertz CT molecular complexity index is 701. The molecule has 0 amide bonds. The molecule has 0 saturated carbocycles. The smallest absolute Gasteiger partial charge is 0.271 e. The topological polar surface area (TPSA) is 67.2 Å². The highest BCUT2D eigenvalue weighted by Gasteiger charge is 2.07. The van der Waals surface area contributed by atoms with Gasteiger partial charge in [0, 0.05) is 23.5 Å². The van der Waals surface area contributed by atoms with Crippen LogP contribution in [-0.2, 0) is 0 Å². The van der Waals surface area contributed by atoms with Crippen molar-refractivity contribution < 1.29 is 4.92 Å². The van der Waals surface area contributed by atoms with Crippen molar-refractivity contribution in [3.05, 3.63) is 64.2 Å². The lowest BCUT2D eigenvalue weighted by molar-refractivity contribution is -0.384. The molecule has 5 nitrogen and oxygen atoms in total. The molecule has 2 N–H and O–H groups in total. The maximum absolute atomic E-state index is 10.8. The van der Waals surface area contributed by atoms with Crippen LogP contribution in [0.25, 0.3) is 0 Å². The van der Waals surface area contributed by atoms with Crippen LogP contribution < -0.4 is 10.6 Å². The Morgan fingerprint density at radius 2 is 1.83 bits per heavy atom. The number of anilines is 2. The van der Waals surface area contributed by atoms with E-state index in [0.717, 1.165) is 12.1 Å². The molecule has 2 aromatic rings. The number of nitro benzene ring substituents is 1. The van der Waals surface area contributed by atoms with Crippen LogP contribution in [0.4, 0.5) is 17.1 Å². The molecule has 0 aromatic heterocycles. The Morgan fingerprint density at radius 1 is 1.17 bits per heavy atom. The molecular formula is C17H19N3O2S. The van der Waals surface area contributed by atoms with Gasteiger partial charge in [0.15, 0.2) is 5.11 Å². The van der Waals surface area contributed by atoms with Gasteiger partial charge in [-0.25, -0.2) is 0 Å². The van der Waals surface area contributed by atoms with Crippen LogP contribution in [0, 0.1) is 10.1 Å². The number of nitrogens with one attached hydrogen (secondary N) is 2. The molecule has 2 aromatic carbocycles. The number of hydrogen-bond acceptors (Lipinski definition) is 3. The predicted octanol–water partition coefficient (Wildman–Crippen LogP) is 4.92. The zero-order valence-electron chi connectivity index (χ0n) is 13.1. The van der Waals surface area contributed by atoms with Gasteiger partial charge >= 0.3 is 0 Å². The molecule has 0 fully saturated rings. The minimum absolute atomic E-state index is 0.0238. The molecule has 0 heterocycles. The van der Waals surface area contributed by atoms with Gasteiger partial charge in [0.2, 0.25) is 0 Å². The van der Waals surface area contributed by atoms with Crippen molar-refractivity contribution in [2.75, 3.05) is 10.6 Å². The Balaban J connectivity index is 1.99. The molecule has 6 heteroatoms. The molecule has 0 aliphatic rings.